The summed E-state index contributed by atoms with van der Waals surface area (Å²) < 4.78 is 0. The highest BCUT2D eigenvalue weighted by molar-refractivity contribution is 5.93. The number of aryl methyl sites for hydroxylation is 3. The van der Waals surface area contributed by atoms with E-state index in [9.17, 15) is 0 Å². The highest BCUT2D eigenvalue weighted by Gasteiger charge is 2.04. The van der Waals surface area contributed by atoms with Gasteiger partial charge in [-0.15, -0.1) is 0 Å². The van der Waals surface area contributed by atoms with E-state index in [1.807, 2.05) is 18.5 Å². The minimum Gasteiger partial charge on any atom is -0.380 e. The second kappa shape index (κ2) is 5.57. The monoisotopic (exact) mass is 276 g/mol. The second-order valence-corrected chi connectivity index (χ2v) is 5.62. The minimum atomic E-state index is 0.834. The number of hydrogen-bond acceptors (Lipinski definition) is 2. The molecule has 0 aliphatic heterocycles. The third-order valence-corrected chi connectivity index (χ3v) is 4.11. The number of benzene rings is 2. The molecule has 2 nitrogen and oxygen atoms in total. The van der Waals surface area contributed by atoms with E-state index in [-0.39, 0.29) is 0 Å². The van der Waals surface area contributed by atoms with Gasteiger partial charge in [0.05, 0.1) is 0 Å². The summed E-state index contributed by atoms with van der Waals surface area (Å²) in [5.41, 5.74) is 6.52. The van der Waals surface area contributed by atoms with Gasteiger partial charge in [0.25, 0.3) is 0 Å². The van der Waals surface area contributed by atoms with Crippen LogP contribution in [0.15, 0.2) is 48.8 Å². The highest BCUT2D eigenvalue weighted by atomic mass is 14.9. The maximum absolute atomic E-state index is 4.23. The van der Waals surface area contributed by atoms with Crippen LogP contribution < -0.4 is 5.32 Å². The lowest BCUT2D eigenvalue weighted by atomic mass is 10.0. The number of rotatable bonds is 3. The van der Waals surface area contributed by atoms with Crippen molar-refractivity contribution in [3.05, 3.63) is 71.0 Å². The first-order chi connectivity index (χ1) is 10.1. The van der Waals surface area contributed by atoms with Crippen molar-refractivity contribution in [3.63, 3.8) is 0 Å². The number of hydrogen-bond donors (Lipinski definition) is 1. The topological polar surface area (TPSA) is 24.9 Å². The number of pyridine rings is 1. The number of anilines is 1. The van der Waals surface area contributed by atoms with Gasteiger partial charge >= 0.3 is 0 Å². The predicted molar refractivity (Wildman–Crippen MR) is 89.7 cm³/mol. The normalized spacial score (nSPS) is 10.8. The van der Waals surface area contributed by atoms with Gasteiger partial charge in [-0.2, -0.15) is 0 Å². The molecule has 0 amide bonds. The van der Waals surface area contributed by atoms with Crippen LogP contribution in [0.5, 0.6) is 0 Å². The summed E-state index contributed by atoms with van der Waals surface area (Å²) in [7, 11) is 0. The molecule has 0 bridgehead atoms. The van der Waals surface area contributed by atoms with Crippen LogP contribution in [0.3, 0.4) is 0 Å². The van der Waals surface area contributed by atoms with Crippen LogP contribution in [0, 0.1) is 20.8 Å². The van der Waals surface area contributed by atoms with Crippen molar-refractivity contribution >= 4 is 16.5 Å². The minimum absolute atomic E-state index is 0.834. The smallest absolute Gasteiger partial charge is 0.0438 e. The van der Waals surface area contributed by atoms with E-state index in [4.69, 9.17) is 0 Å². The van der Waals surface area contributed by atoms with E-state index in [1.165, 1.54) is 33.0 Å². The fourth-order valence-electron chi connectivity index (χ4n) is 2.67. The van der Waals surface area contributed by atoms with Gasteiger partial charge in [0.2, 0.25) is 0 Å². The average molecular weight is 276 g/mol. The van der Waals surface area contributed by atoms with E-state index >= 15 is 0 Å². The SMILES string of the molecule is Cc1cc(C)c(CNc2cccc3ccncc23)cc1C. The van der Waals surface area contributed by atoms with Gasteiger partial charge in [-0.05, 0) is 60.5 Å². The van der Waals surface area contributed by atoms with Crippen LogP contribution in [0.25, 0.3) is 10.8 Å². The van der Waals surface area contributed by atoms with Crippen molar-refractivity contribution in [1.29, 1.82) is 0 Å². The molecule has 106 valence electrons. The van der Waals surface area contributed by atoms with E-state index in [0.717, 1.165) is 12.2 Å². The van der Waals surface area contributed by atoms with Gasteiger partial charge in [0, 0.05) is 30.0 Å². The molecule has 1 aromatic heterocycles. The zero-order valence-corrected chi connectivity index (χ0v) is 12.8. The summed E-state index contributed by atoms with van der Waals surface area (Å²) in [5.74, 6) is 0. The van der Waals surface area contributed by atoms with E-state index < -0.39 is 0 Å². The Labute approximate surface area is 125 Å². The van der Waals surface area contributed by atoms with E-state index in [2.05, 4.69) is 61.4 Å². The van der Waals surface area contributed by atoms with E-state index in [1.54, 1.807) is 0 Å². The molecule has 0 aliphatic rings. The summed E-state index contributed by atoms with van der Waals surface area (Å²) in [4.78, 5) is 4.23. The number of nitrogens with one attached hydrogen (secondary N) is 1. The van der Waals surface area contributed by atoms with Gasteiger partial charge in [-0.25, -0.2) is 0 Å². The highest BCUT2D eigenvalue weighted by Crippen LogP contribution is 2.23. The molecular weight excluding hydrogens is 256 g/mol. The molecule has 1 heterocycles. The van der Waals surface area contributed by atoms with Crippen LogP contribution in [0.1, 0.15) is 22.3 Å². The number of aromatic nitrogens is 1. The maximum atomic E-state index is 4.23. The Morgan fingerprint density at radius 2 is 1.76 bits per heavy atom. The first kappa shape index (κ1) is 13.6. The van der Waals surface area contributed by atoms with Gasteiger partial charge in [0.15, 0.2) is 0 Å². The molecular formula is C19H20N2. The lowest BCUT2D eigenvalue weighted by Crippen LogP contribution is -2.03. The zero-order valence-electron chi connectivity index (χ0n) is 12.8. The Morgan fingerprint density at radius 3 is 2.62 bits per heavy atom. The average Bonchev–Trinajstić information content (AvgIpc) is 2.49. The predicted octanol–water partition coefficient (Wildman–Crippen LogP) is 4.77. The molecule has 0 saturated carbocycles. The van der Waals surface area contributed by atoms with Gasteiger partial charge in [-0.3, -0.25) is 4.98 Å². The summed E-state index contributed by atoms with van der Waals surface area (Å²) >= 11 is 0. The molecule has 0 saturated heterocycles. The zero-order chi connectivity index (χ0) is 14.8. The Balaban J connectivity index is 1.89. The summed E-state index contributed by atoms with van der Waals surface area (Å²) in [5, 5.41) is 5.93. The van der Waals surface area contributed by atoms with Crippen LogP contribution in [0.4, 0.5) is 5.69 Å². The first-order valence-electron chi connectivity index (χ1n) is 7.28. The molecule has 0 fully saturated rings. The standard InChI is InChI=1S/C19H20N2/c1-13-9-15(3)17(10-14(13)2)11-21-19-6-4-5-16-7-8-20-12-18(16)19/h4-10,12,21H,11H2,1-3H3. The fraction of sp³-hybridized carbons (Fsp3) is 0.211. The summed E-state index contributed by atoms with van der Waals surface area (Å²) in [6, 6.07) is 12.9. The van der Waals surface area contributed by atoms with Crippen LogP contribution >= 0.6 is 0 Å². The Morgan fingerprint density at radius 1 is 0.952 bits per heavy atom. The molecule has 3 aromatic rings. The maximum Gasteiger partial charge on any atom is 0.0438 e. The molecule has 0 radical (unpaired) electrons. The molecule has 0 atom stereocenters. The molecule has 3 rings (SSSR count). The molecule has 2 heteroatoms. The van der Waals surface area contributed by atoms with Gasteiger partial charge < -0.3 is 5.32 Å². The van der Waals surface area contributed by atoms with Crippen molar-refractivity contribution in [1.82, 2.24) is 4.98 Å². The Bertz CT molecular complexity index is 785. The number of fused-ring (bicyclic) bond motifs is 1. The van der Waals surface area contributed by atoms with Crippen LogP contribution in [-0.4, -0.2) is 4.98 Å². The first-order valence-corrected chi connectivity index (χ1v) is 7.28. The molecule has 2 aromatic carbocycles. The number of nitrogens with zero attached hydrogens (tertiary/aromatic N) is 1. The van der Waals surface area contributed by atoms with Gasteiger partial charge in [0.1, 0.15) is 0 Å². The third kappa shape index (κ3) is 2.75. The Kier molecular flexibility index (Phi) is 3.61. The molecule has 0 unspecified atom stereocenters. The molecule has 0 spiro atoms. The molecule has 21 heavy (non-hydrogen) atoms. The van der Waals surface area contributed by atoms with E-state index in [0.29, 0.717) is 0 Å². The quantitative estimate of drug-likeness (QED) is 0.745. The third-order valence-electron chi connectivity index (χ3n) is 4.11. The molecule has 0 aliphatic carbocycles. The molecule has 1 N–H and O–H groups in total. The van der Waals surface area contributed by atoms with Crippen molar-refractivity contribution in [2.75, 3.05) is 5.32 Å². The summed E-state index contributed by atoms with van der Waals surface area (Å²) in [6.45, 7) is 7.34. The van der Waals surface area contributed by atoms with Crippen molar-refractivity contribution in [3.8, 4) is 0 Å². The second-order valence-electron chi connectivity index (χ2n) is 5.62. The van der Waals surface area contributed by atoms with Gasteiger partial charge in [-0.1, -0.05) is 24.3 Å². The lowest BCUT2D eigenvalue weighted by molar-refractivity contribution is 1.10. The van der Waals surface area contributed by atoms with Crippen LogP contribution in [-0.2, 0) is 6.54 Å². The largest absolute Gasteiger partial charge is 0.380 e. The van der Waals surface area contributed by atoms with Crippen molar-refractivity contribution in [2.45, 2.75) is 27.3 Å². The van der Waals surface area contributed by atoms with Crippen LogP contribution in [0.2, 0.25) is 0 Å². The Hall–Kier alpha value is -2.35. The van der Waals surface area contributed by atoms with Crippen molar-refractivity contribution in [2.24, 2.45) is 0 Å². The summed E-state index contributed by atoms with van der Waals surface area (Å²) in [6.07, 6.45) is 3.75. The fourth-order valence-corrected chi connectivity index (χ4v) is 2.67. The lowest BCUT2D eigenvalue weighted by Gasteiger charge is -2.13. The van der Waals surface area contributed by atoms with Crippen molar-refractivity contribution < 1.29 is 0 Å².